The van der Waals surface area contributed by atoms with Gasteiger partial charge >= 0.3 is 39.0 Å². The summed E-state index contributed by atoms with van der Waals surface area (Å²) in [6.45, 7) is 1.26. The van der Waals surface area contributed by atoms with Gasteiger partial charge in [0.1, 0.15) is 0 Å². The molecule has 0 saturated carbocycles. The minimum absolute atomic E-state index is 0. The van der Waals surface area contributed by atoms with Gasteiger partial charge in [-0.3, -0.25) is 0 Å². The number of carbonyl (C=O) groups excluding carboxylic acids is 3. The summed E-state index contributed by atoms with van der Waals surface area (Å²) in [5.74, 6) is -3.39. The fourth-order valence-electron chi connectivity index (χ4n) is 2.47. The zero-order valence-electron chi connectivity index (χ0n) is 22.0. The number of hydrogen-bond donors (Lipinski definition) is 2. The SMILES string of the molecule is O.O=C([O-])c1ccccc1.O=C([O-])c1ccccc1.O=C([O-])c1ccccc1.[O-]CCN(CCO)CCO.[Zn+2].[Zn+2]. The van der Waals surface area contributed by atoms with E-state index >= 15 is 0 Å². The third-order valence-corrected chi connectivity index (χ3v) is 4.27. The topological polar surface area (TPSA) is 219 Å². The quantitative estimate of drug-likeness (QED) is 0.221. The van der Waals surface area contributed by atoms with Crippen LogP contribution in [0.5, 0.6) is 0 Å². The van der Waals surface area contributed by atoms with Crippen molar-refractivity contribution in [1.29, 1.82) is 0 Å². The van der Waals surface area contributed by atoms with Crippen LogP contribution in [0.4, 0.5) is 0 Å². The van der Waals surface area contributed by atoms with Crippen molar-refractivity contribution in [3.63, 3.8) is 0 Å². The second kappa shape index (κ2) is 29.1. The molecule has 0 fully saturated rings. The van der Waals surface area contributed by atoms with Crippen molar-refractivity contribution in [3.05, 3.63) is 108 Å². The Hall–Kier alpha value is -2.88. The molecule has 0 radical (unpaired) electrons. The monoisotopic (exact) mass is 657 g/mol. The molecular formula is C27H31NO10Zn2. The van der Waals surface area contributed by atoms with E-state index < -0.39 is 17.9 Å². The van der Waals surface area contributed by atoms with Crippen LogP contribution in [-0.4, -0.2) is 78.0 Å². The fraction of sp³-hybridized carbons (Fsp3) is 0.222. The van der Waals surface area contributed by atoms with E-state index in [0.717, 1.165) is 0 Å². The van der Waals surface area contributed by atoms with Gasteiger partial charge in [-0.1, -0.05) is 91.0 Å². The molecule has 40 heavy (non-hydrogen) atoms. The van der Waals surface area contributed by atoms with E-state index in [1.165, 1.54) is 36.4 Å². The molecule has 208 valence electrons. The Morgan fingerprint density at radius 2 is 0.800 bits per heavy atom. The van der Waals surface area contributed by atoms with Gasteiger partial charge in [0.2, 0.25) is 0 Å². The normalized spacial score (nSPS) is 8.70. The Bertz CT molecular complexity index is 882. The van der Waals surface area contributed by atoms with Gasteiger partial charge in [-0.25, -0.2) is 0 Å². The van der Waals surface area contributed by atoms with Gasteiger partial charge in [0, 0.05) is 13.1 Å². The molecule has 13 heteroatoms. The molecule has 0 unspecified atom stereocenters. The summed E-state index contributed by atoms with van der Waals surface area (Å²) in [5, 5.41) is 57.3. The third-order valence-electron chi connectivity index (χ3n) is 4.27. The number of aliphatic hydroxyl groups is 2. The first-order chi connectivity index (χ1) is 17.8. The first-order valence-corrected chi connectivity index (χ1v) is 11.1. The van der Waals surface area contributed by atoms with Crippen molar-refractivity contribution in [2.45, 2.75) is 0 Å². The van der Waals surface area contributed by atoms with Crippen molar-refractivity contribution in [2.24, 2.45) is 0 Å². The number of carboxylic acids is 3. The summed E-state index contributed by atoms with van der Waals surface area (Å²) < 4.78 is 0. The van der Waals surface area contributed by atoms with E-state index in [4.69, 9.17) is 10.2 Å². The maximum atomic E-state index is 10.1. The number of carboxylic acid groups (broad SMARTS) is 3. The summed E-state index contributed by atoms with van der Waals surface area (Å²) >= 11 is 0. The molecule has 0 atom stereocenters. The van der Waals surface area contributed by atoms with Crippen molar-refractivity contribution in [2.75, 3.05) is 39.5 Å². The number of rotatable bonds is 9. The molecule has 0 spiro atoms. The standard InChI is InChI=1S/3C7H6O2.C6H14NO3.H2O.2Zn/c3*8-7(9)6-4-2-1-3-5-6;8-4-1-7(2-5-9)3-6-10;;;/h3*1-5H,(H,8,9);8-9H,1-6H2;1H2;;/q;;;-1;;2*+2/p-3. The second-order valence-electron chi connectivity index (χ2n) is 6.95. The van der Waals surface area contributed by atoms with Gasteiger partial charge in [0.15, 0.2) is 0 Å². The summed E-state index contributed by atoms with van der Waals surface area (Å²) in [6.07, 6.45) is 0. The molecule has 0 aliphatic carbocycles. The molecule has 0 bridgehead atoms. The molecule has 0 amide bonds. The van der Waals surface area contributed by atoms with E-state index in [1.54, 1.807) is 59.5 Å². The Morgan fingerprint density at radius 1 is 0.550 bits per heavy atom. The number of aliphatic hydroxyl groups excluding tert-OH is 2. The second-order valence-corrected chi connectivity index (χ2v) is 6.95. The Kier molecular flexibility index (Phi) is 32.1. The summed E-state index contributed by atoms with van der Waals surface area (Å²) in [7, 11) is 0. The zero-order chi connectivity index (χ0) is 27.9. The number of nitrogens with zero attached hydrogens (tertiary/aromatic N) is 1. The third kappa shape index (κ3) is 23.0. The van der Waals surface area contributed by atoms with Gasteiger partial charge in [-0.15, -0.1) is 6.61 Å². The van der Waals surface area contributed by atoms with E-state index in [0.29, 0.717) is 19.6 Å². The Morgan fingerprint density at radius 3 is 0.950 bits per heavy atom. The zero-order valence-corrected chi connectivity index (χ0v) is 28.0. The average Bonchev–Trinajstić information content (AvgIpc) is 2.92. The van der Waals surface area contributed by atoms with Crippen molar-refractivity contribution < 1.29 is 89.5 Å². The molecule has 3 aromatic rings. The molecule has 3 rings (SSSR count). The van der Waals surface area contributed by atoms with Crippen LogP contribution in [0.1, 0.15) is 31.1 Å². The minimum atomic E-state index is -1.13. The van der Waals surface area contributed by atoms with Gasteiger partial charge in [-0.05, 0) is 23.2 Å². The fourth-order valence-corrected chi connectivity index (χ4v) is 2.47. The number of benzene rings is 3. The first kappa shape index (κ1) is 44.1. The van der Waals surface area contributed by atoms with Crippen LogP contribution >= 0.6 is 0 Å². The smallest absolute Gasteiger partial charge is 0.854 e. The molecule has 0 aliphatic rings. The molecular weight excluding hydrogens is 629 g/mol. The van der Waals surface area contributed by atoms with Crippen LogP contribution in [-0.2, 0) is 39.0 Å². The maximum Gasteiger partial charge on any atom is 2.00 e. The van der Waals surface area contributed by atoms with Crippen LogP contribution in [0.2, 0.25) is 0 Å². The van der Waals surface area contributed by atoms with Crippen LogP contribution in [0.15, 0.2) is 91.0 Å². The van der Waals surface area contributed by atoms with Crippen molar-refractivity contribution in [1.82, 2.24) is 4.90 Å². The minimum Gasteiger partial charge on any atom is -0.854 e. The van der Waals surface area contributed by atoms with Crippen molar-refractivity contribution >= 4 is 17.9 Å². The van der Waals surface area contributed by atoms with E-state index in [9.17, 15) is 34.8 Å². The predicted octanol–water partition coefficient (Wildman–Crippen LogP) is -3.05. The summed E-state index contributed by atoms with van der Waals surface area (Å²) in [6, 6.07) is 24.2. The predicted molar refractivity (Wildman–Crippen MR) is 131 cm³/mol. The molecule has 0 saturated heterocycles. The largest absolute Gasteiger partial charge is 2.00 e. The molecule has 4 N–H and O–H groups in total. The first-order valence-electron chi connectivity index (χ1n) is 11.1. The molecule has 11 nitrogen and oxygen atoms in total. The Balaban J connectivity index is -0.000000211. The molecule has 0 aliphatic heterocycles. The van der Waals surface area contributed by atoms with Crippen LogP contribution in [0, 0.1) is 0 Å². The molecule has 3 aromatic carbocycles. The summed E-state index contributed by atoms with van der Waals surface area (Å²) in [5.41, 5.74) is 0.660. The Labute approximate surface area is 258 Å². The van der Waals surface area contributed by atoms with E-state index in [-0.39, 0.29) is 80.9 Å². The van der Waals surface area contributed by atoms with Crippen LogP contribution < -0.4 is 20.4 Å². The number of carbonyl (C=O) groups is 3. The van der Waals surface area contributed by atoms with Crippen LogP contribution in [0.3, 0.4) is 0 Å². The van der Waals surface area contributed by atoms with Gasteiger partial charge in [0.25, 0.3) is 0 Å². The van der Waals surface area contributed by atoms with Crippen LogP contribution in [0.25, 0.3) is 0 Å². The maximum absolute atomic E-state index is 10.1. The van der Waals surface area contributed by atoms with Gasteiger partial charge in [0.05, 0.1) is 31.1 Å². The number of aromatic carboxylic acids is 3. The molecule has 0 aromatic heterocycles. The van der Waals surface area contributed by atoms with E-state index in [1.807, 2.05) is 0 Å². The van der Waals surface area contributed by atoms with E-state index in [2.05, 4.69) is 0 Å². The average molecular weight is 660 g/mol. The van der Waals surface area contributed by atoms with Crippen molar-refractivity contribution in [3.8, 4) is 0 Å². The summed E-state index contributed by atoms with van der Waals surface area (Å²) in [4.78, 5) is 32.0. The van der Waals surface area contributed by atoms with Gasteiger partial charge in [-0.2, -0.15) is 0 Å². The molecule has 0 heterocycles. The van der Waals surface area contributed by atoms with Gasteiger partial charge < -0.3 is 55.4 Å². The number of hydrogen-bond acceptors (Lipinski definition) is 10.